The van der Waals surface area contributed by atoms with E-state index >= 15 is 0 Å². The molecular weight excluding hydrogens is 659 g/mol. The molecule has 0 aliphatic heterocycles. The van der Waals surface area contributed by atoms with Crippen LogP contribution in [-0.4, -0.2) is 14.5 Å². The second-order valence-electron chi connectivity index (χ2n) is 13.7. The summed E-state index contributed by atoms with van der Waals surface area (Å²) in [5.41, 5.74) is 13.4. The predicted molar refractivity (Wildman–Crippen MR) is 223 cm³/mol. The van der Waals surface area contributed by atoms with Crippen LogP contribution in [0.3, 0.4) is 0 Å². The molecule has 11 rings (SSSR count). The quantitative estimate of drug-likeness (QED) is 0.181. The van der Waals surface area contributed by atoms with Crippen molar-refractivity contribution in [1.82, 2.24) is 14.5 Å². The molecule has 0 bridgehead atoms. The molecule has 11 aromatic rings. The molecule has 0 N–H and O–H groups in total. The van der Waals surface area contributed by atoms with Crippen molar-refractivity contribution >= 4 is 54.6 Å². The lowest BCUT2D eigenvalue weighted by atomic mass is 10.00. The summed E-state index contributed by atoms with van der Waals surface area (Å²) in [4.78, 5) is 10.2. The molecular formula is C50H31N3O. The topological polar surface area (TPSA) is 43.9 Å². The van der Waals surface area contributed by atoms with Crippen molar-refractivity contribution in [3.05, 3.63) is 188 Å². The molecule has 54 heavy (non-hydrogen) atoms. The summed E-state index contributed by atoms with van der Waals surface area (Å²) in [7, 11) is 0. The van der Waals surface area contributed by atoms with Crippen molar-refractivity contribution in [3.63, 3.8) is 0 Å². The summed E-state index contributed by atoms with van der Waals surface area (Å²) in [6, 6.07) is 66.1. The molecule has 0 aliphatic carbocycles. The molecule has 0 fully saturated rings. The van der Waals surface area contributed by atoms with Gasteiger partial charge in [-0.05, 0) is 64.7 Å². The van der Waals surface area contributed by atoms with Gasteiger partial charge in [0, 0.05) is 38.1 Å². The lowest BCUT2D eigenvalue weighted by Gasteiger charge is -2.11. The molecule has 3 heterocycles. The Kier molecular flexibility index (Phi) is 6.82. The second kappa shape index (κ2) is 12.1. The van der Waals surface area contributed by atoms with Gasteiger partial charge in [-0.15, -0.1) is 0 Å². The number of rotatable bonds is 5. The lowest BCUT2D eigenvalue weighted by Crippen LogP contribution is -1.95. The fraction of sp³-hybridized carbons (Fsp3) is 0. The van der Waals surface area contributed by atoms with Crippen molar-refractivity contribution < 1.29 is 4.42 Å². The van der Waals surface area contributed by atoms with E-state index in [2.05, 4.69) is 168 Å². The van der Waals surface area contributed by atoms with Crippen molar-refractivity contribution in [3.8, 4) is 50.6 Å². The van der Waals surface area contributed by atoms with Gasteiger partial charge in [0.05, 0.1) is 27.9 Å². The number of hydrogen-bond donors (Lipinski definition) is 0. The number of furan rings is 1. The minimum absolute atomic E-state index is 0.699. The summed E-state index contributed by atoms with van der Waals surface area (Å²) in [6.07, 6.45) is 0. The number of aromatic nitrogens is 3. The lowest BCUT2D eigenvalue weighted by molar-refractivity contribution is 0.666. The SMILES string of the molecule is c1ccc(-c2ccc3c(c2)c2cc(-c4ccccc4)ccc2n3-c2cccc3c2oc2cccc(-c4nc(-c5ccccc5)nc5ccccc45)c23)cc1. The molecule has 4 heteroatoms. The Bertz CT molecular complexity index is 3100. The monoisotopic (exact) mass is 689 g/mol. The fourth-order valence-corrected chi connectivity index (χ4v) is 8.11. The van der Waals surface area contributed by atoms with Crippen molar-refractivity contribution in [2.24, 2.45) is 0 Å². The van der Waals surface area contributed by atoms with E-state index in [1.165, 1.54) is 33.0 Å². The molecule has 0 saturated carbocycles. The Hall–Kier alpha value is -7.30. The fourth-order valence-electron chi connectivity index (χ4n) is 8.11. The van der Waals surface area contributed by atoms with Gasteiger partial charge >= 0.3 is 0 Å². The molecule has 4 nitrogen and oxygen atoms in total. The first-order valence-corrected chi connectivity index (χ1v) is 18.2. The van der Waals surface area contributed by atoms with Gasteiger partial charge in [-0.1, -0.05) is 146 Å². The van der Waals surface area contributed by atoms with Crippen LogP contribution in [0.25, 0.3) is 105 Å². The summed E-state index contributed by atoms with van der Waals surface area (Å²) in [6.45, 7) is 0. The zero-order valence-corrected chi connectivity index (χ0v) is 29.1. The average Bonchev–Trinajstić information content (AvgIpc) is 3.80. The van der Waals surface area contributed by atoms with Gasteiger partial charge in [-0.25, -0.2) is 9.97 Å². The highest BCUT2D eigenvalue weighted by Gasteiger charge is 2.22. The van der Waals surface area contributed by atoms with Gasteiger partial charge in [0.1, 0.15) is 5.58 Å². The highest BCUT2D eigenvalue weighted by Crippen LogP contribution is 2.43. The van der Waals surface area contributed by atoms with E-state index in [-0.39, 0.29) is 0 Å². The molecule has 0 saturated heterocycles. The maximum absolute atomic E-state index is 6.92. The third-order valence-electron chi connectivity index (χ3n) is 10.6. The molecule has 0 aliphatic rings. The molecule has 0 radical (unpaired) electrons. The van der Waals surface area contributed by atoms with E-state index in [0.717, 1.165) is 66.4 Å². The van der Waals surface area contributed by atoms with Gasteiger partial charge in [0.2, 0.25) is 0 Å². The van der Waals surface area contributed by atoms with Crippen molar-refractivity contribution in [1.29, 1.82) is 0 Å². The number of hydrogen-bond acceptors (Lipinski definition) is 3. The maximum Gasteiger partial charge on any atom is 0.160 e. The Morgan fingerprint density at radius 3 is 1.65 bits per heavy atom. The molecule has 8 aromatic carbocycles. The molecule has 3 aromatic heterocycles. The number of benzene rings is 8. The summed E-state index contributed by atoms with van der Waals surface area (Å²) in [5.74, 6) is 0.699. The van der Waals surface area contributed by atoms with Crippen LogP contribution in [0.5, 0.6) is 0 Å². The zero-order chi connectivity index (χ0) is 35.6. The molecule has 0 unspecified atom stereocenters. The standard InChI is InChI=1S/C50H31N3O/c1-4-14-32(15-5-1)35-26-28-43-40(30-35)41-31-36(33-16-6-2-7-17-33)27-29-44(41)53(43)45-24-12-22-39-47-38(21-13-25-46(47)54-49(39)45)48-37-20-10-11-23-42(37)51-50(52-48)34-18-8-3-9-19-34/h1-31H. The van der Waals surface area contributed by atoms with Gasteiger partial charge in [0.15, 0.2) is 11.4 Å². The first-order valence-electron chi connectivity index (χ1n) is 18.2. The highest BCUT2D eigenvalue weighted by molar-refractivity contribution is 6.18. The van der Waals surface area contributed by atoms with E-state index in [0.29, 0.717) is 5.82 Å². The van der Waals surface area contributed by atoms with Crippen LogP contribution in [0.2, 0.25) is 0 Å². The highest BCUT2D eigenvalue weighted by atomic mass is 16.3. The first kappa shape index (κ1) is 30.3. The van der Waals surface area contributed by atoms with E-state index in [4.69, 9.17) is 14.4 Å². The smallest absolute Gasteiger partial charge is 0.160 e. The van der Waals surface area contributed by atoms with Crippen LogP contribution >= 0.6 is 0 Å². The van der Waals surface area contributed by atoms with Crippen molar-refractivity contribution in [2.75, 3.05) is 0 Å². The Balaban J connectivity index is 1.18. The molecule has 0 atom stereocenters. The number of para-hydroxylation sites is 2. The normalized spacial score (nSPS) is 11.7. The minimum atomic E-state index is 0.699. The predicted octanol–water partition coefficient (Wildman–Crippen LogP) is 13.3. The number of fused-ring (bicyclic) bond motifs is 7. The van der Waals surface area contributed by atoms with Crippen LogP contribution in [0.1, 0.15) is 0 Å². The van der Waals surface area contributed by atoms with Gasteiger partial charge in [-0.2, -0.15) is 0 Å². The van der Waals surface area contributed by atoms with Crippen LogP contribution in [0.15, 0.2) is 192 Å². The van der Waals surface area contributed by atoms with Gasteiger partial charge < -0.3 is 8.98 Å². The Morgan fingerprint density at radius 1 is 0.407 bits per heavy atom. The summed E-state index contributed by atoms with van der Waals surface area (Å²) in [5, 5.41) is 5.47. The third-order valence-corrected chi connectivity index (χ3v) is 10.6. The summed E-state index contributed by atoms with van der Waals surface area (Å²) >= 11 is 0. The van der Waals surface area contributed by atoms with Gasteiger partial charge in [-0.3, -0.25) is 0 Å². The first-order chi connectivity index (χ1) is 26.8. The van der Waals surface area contributed by atoms with E-state index < -0.39 is 0 Å². The zero-order valence-electron chi connectivity index (χ0n) is 29.1. The third kappa shape index (κ3) is 4.78. The van der Waals surface area contributed by atoms with Crippen LogP contribution < -0.4 is 0 Å². The Labute approximate surface area is 311 Å². The van der Waals surface area contributed by atoms with Gasteiger partial charge in [0.25, 0.3) is 0 Å². The largest absolute Gasteiger partial charge is 0.454 e. The minimum Gasteiger partial charge on any atom is -0.454 e. The van der Waals surface area contributed by atoms with E-state index in [1.54, 1.807) is 0 Å². The Morgan fingerprint density at radius 2 is 0.981 bits per heavy atom. The van der Waals surface area contributed by atoms with Crippen LogP contribution in [-0.2, 0) is 0 Å². The maximum atomic E-state index is 6.92. The van der Waals surface area contributed by atoms with E-state index in [1.807, 2.05) is 24.3 Å². The summed E-state index contributed by atoms with van der Waals surface area (Å²) < 4.78 is 9.28. The van der Waals surface area contributed by atoms with E-state index in [9.17, 15) is 0 Å². The van der Waals surface area contributed by atoms with Crippen molar-refractivity contribution in [2.45, 2.75) is 0 Å². The molecule has 0 amide bonds. The average molecular weight is 690 g/mol. The van der Waals surface area contributed by atoms with Crippen LogP contribution in [0.4, 0.5) is 0 Å². The number of nitrogens with zero attached hydrogens (tertiary/aromatic N) is 3. The second-order valence-corrected chi connectivity index (χ2v) is 13.7. The molecule has 252 valence electrons. The van der Waals surface area contributed by atoms with Crippen LogP contribution in [0, 0.1) is 0 Å². The molecule has 0 spiro atoms.